The van der Waals surface area contributed by atoms with Crippen LogP contribution in [-0.2, 0) is 9.63 Å². The number of rotatable bonds is 5. The molecule has 5 heteroatoms. The maximum absolute atomic E-state index is 11.8. The van der Waals surface area contributed by atoms with Gasteiger partial charge in [-0.15, -0.1) is 0 Å². The second-order valence-corrected chi connectivity index (χ2v) is 4.02. The summed E-state index contributed by atoms with van der Waals surface area (Å²) in [6, 6.07) is 8.64. The molecule has 0 saturated heterocycles. The number of carbonyl (C=O) groups excluding carboxylic acids is 2. The van der Waals surface area contributed by atoms with Gasteiger partial charge in [0, 0.05) is 25.1 Å². The van der Waals surface area contributed by atoms with E-state index in [9.17, 15) is 9.59 Å². The summed E-state index contributed by atoms with van der Waals surface area (Å²) in [5.41, 5.74) is 0.580. The van der Waals surface area contributed by atoms with Crippen LogP contribution in [-0.4, -0.2) is 37.1 Å². The van der Waals surface area contributed by atoms with E-state index in [1.807, 2.05) is 6.07 Å². The Morgan fingerprint density at radius 3 is 2.50 bits per heavy atom. The van der Waals surface area contributed by atoms with Gasteiger partial charge in [0.05, 0.1) is 7.11 Å². The number of amides is 2. The van der Waals surface area contributed by atoms with Gasteiger partial charge in [0.15, 0.2) is 0 Å². The lowest BCUT2D eigenvalue weighted by atomic mass is 10.1. The van der Waals surface area contributed by atoms with Gasteiger partial charge in [0.2, 0.25) is 5.91 Å². The fourth-order valence-corrected chi connectivity index (χ4v) is 1.44. The standard InChI is InChI=1S/C13H18N2O3/c1-10(9-12(16)15(2)18-3)14-13(17)11-7-5-4-6-8-11/h4-8,10H,9H2,1-3H3,(H,14,17). The fourth-order valence-electron chi connectivity index (χ4n) is 1.44. The van der Waals surface area contributed by atoms with Gasteiger partial charge < -0.3 is 5.32 Å². The van der Waals surface area contributed by atoms with Crippen molar-refractivity contribution in [2.75, 3.05) is 14.2 Å². The molecule has 1 aromatic rings. The first-order valence-electron chi connectivity index (χ1n) is 5.71. The molecule has 1 rings (SSSR count). The van der Waals surface area contributed by atoms with Gasteiger partial charge >= 0.3 is 0 Å². The van der Waals surface area contributed by atoms with Crippen molar-refractivity contribution in [3.05, 3.63) is 35.9 Å². The van der Waals surface area contributed by atoms with Crippen molar-refractivity contribution in [1.82, 2.24) is 10.4 Å². The highest BCUT2D eigenvalue weighted by atomic mass is 16.7. The molecule has 18 heavy (non-hydrogen) atoms. The molecule has 0 aliphatic heterocycles. The monoisotopic (exact) mass is 250 g/mol. The summed E-state index contributed by atoms with van der Waals surface area (Å²) in [6.45, 7) is 1.78. The number of benzene rings is 1. The normalized spacial score (nSPS) is 11.7. The third kappa shape index (κ3) is 4.18. The van der Waals surface area contributed by atoms with Crippen LogP contribution in [0, 0.1) is 0 Å². The zero-order valence-corrected chi connectivity index (χ0v) is 10.8. The summed E-state index contributed by atoms with van der Waals surface area (Å²) in [6.07, 6.45) is 0.197. The van der Waals surface area contributed by atoms with Crippen molar-refractivity contribution >= 4 is 11.8 Å². The van der Waals surface area contributed by atoms with E-state index in [4.69, 9.17) is 4.84 Å². The topological polar surface area (TPSA) is 58.6 Å². The Morgan fingerprint density at radius 1 is 1.33 bits per heavy atom. The van der Waals surface area contributed by atoms with Crippen LogP contribution in [0.15, 0.2) is 30.3 Å². The minimum absolute atomic E-state index is 0.182. The van der Waals surface area contributed by atoms with Gasteiger partial charge in [-0.1, -0.05) is 18.2 Å². The quantitative estimate of drug-likeness (QED) is 0.799. The lowest BCUT2D eigenvalue weighted by molar-refractivity contribution is -0.169. The summed E-state index contributed by atoms with van der Waals surface area (Å²) in [7, 11) is 2.96. The van der Waals surface area contributed by atoms with Crippen molar-refractivity contribution in [1.29, 1.82) is 0 Å². The van der Waals surface area contributed by atoms with Crippen LogP contribution in [0.1, 0.15) is 23.7 Å². The summed E-state index contributed by atoms with van der Waals surface area (Å²) in [5, 5.41) is 3.91. The summed E-state index contributed by atoms with van der Waals surface area (Å²) >= 11 is 0. The number of hydrogen-bond donors (Lipinski definition) is 1. The Morgan fingerprint density at radius 2 is 1.94 bits per heavy atom. The molecule has 1 atom stereocenters. The zero-order chi connectivity index (χ0) is 13.5. The minimum atomic E-state index is -0.247. The second-order valence-electron chi connectivity index (χ2n) is 4.02. The number of carbonyl (C=O) groups is 2. The summed E-state index contributed by atoms with van der Waals surface area (Å²) in [5.74, 6) is -0.366. The molecule has 0 aromatic heterocycles. The van der Waals surface area contributed by atoms with E-state index in [0.29, 0.717) is 5.56 Å². The Hall–Kier alpha value is -1.88. The Bertz CT molecular complexity index is 406. The molecule has 0 aliphatic rings. The van der Waals surface area contributed by atoms with Crippen LogP contribution in [0.5, 0.6) is 0 Å². The van der Waals surface area contributed by atoms with E-state index >= 15 is 0 Å². The third-order valence-electron chi connectivity index (χ3n) is 2.52. The van der Waals surface area contributed by atoms with Gasteiger partial charge in [-0.3, -0.25) is 14.4 Å². The number of hydrogen-bond acceptors (Lipinski definition) is 3. The van der Waals surface area contributed by atoms with E-state index in [2.05, 4.69) is 5.32 Å². The van der Waals surface area contributed by atoms with E-state index in [1.165, 1.54) is 14.2 Å². The largest absolute Gasteiger partial charge is 0.349 e. The van der Waals surface area contributed by atoms with E-state index in [1.54, 1.807) is 31.2 Å². The van der Waals surface area contributed by atoms with Gasteiger partial charge in [0.25, 0.3) is 5.91 Å². The van der Waals surface area contributed by atoms with Gasteiger partial charge in [-0.2, -0.15) is 0 Å². The van der Waals surface area contributed by atoms with Gasteiger partial charge in [-0.25, -0.2) is 5.06 Å². The molecule has 0 spiro atoms. The molecule has 0 radical (unpaired) electrons. The van der Waals surface area contributed by atoms with Crippen LogP contribution in [0.3, 0.4) is 0 Å². The number of nitrogens with one attached hydrogen (secondary N) is 1. The number of nitrogens with zero attached hydrogens (tertiary/aromatic N) is 1. The predicted octanol–water partition coefficient (Wildman–Crippen LogP) is 1.21. The fraction of sp³-hybridized carbons (Fsp3) is 0.385. The maximum Gasteiger partial charge on any atom is 0.251 e. The molecule has 0 bridgehead atoms. The average Bonchev–Trinajstić information content (AvgIpc) is 2.38. The number of hydroxylamine groups is 2. The van der Waals surface area contributed by atoms with Gasteiger partial charge in [-0.05, 0) is 19.1 Å². The van der Waals surface area contributed by atoms with E-state index < -0.39 is 0 Å². The van der Waals surface area contributed by atoms with Crippen LogP contribution < -0.4 is 5.32 Å². The van der Waals surface area contributed by atoms with E-state index in [-0.39, 0.29) is 24.3 Å². The first kappa shape index (κ1) is 14.2. The Labute approximate surface area is 107 Å². The lowest BCUT2D eigenvalue weighted by Crippen LogP contribution is -2.37. The summed E-state index contributed by atoms with van der Waals surface area (Å²) < 4.78 is 0. The van der Waals surface area contributed by atoms with E-state index in [0.717, 1.165) is 5.06 Å². The molecule has 0 fully saturated rings. The minimum Gasteiger partial charge on any atom is -0.349 e. The van der Waals surface area contributed by atoms with Crippen LogP contribution in [0.4, 0.5) is 0 Å². The molecule has 5 nitrogen and oxygen atoms in total. The van der Waals surface area contributed by atoms with Crippen LogP contribution >= 0.6 is 0 Å². The molecule has 0 saturated carbocycles. The molecule has 1 aromatic carbocycles. The second kappa shape index (κ2) is 6.76. The molecular weight excluding hydrogens is 232 g/mol. The average molecular weight is 250 g/mol. The summed E-state index contributed by atoms with van der Waals surface area (Å²) in [4.78, 5) is 28.1. The van der Waals surface area contributed by atoms with Crippen LogP contribution in [0.2, 0.25) is 0 Å². The first-order valence-corrected chi connectivity index (χ1v) is 5.71. The predicted molar refractivity (Wildman–Crippen MR) is 67.8 cm³/mol. The zero-order valence-electron chi connectivity index (χ0n) is 10.8. The maximum atomic E-state index is 11.8. The highest BCUT2D eigenvalue weighted by Gasteiger charge is 2.15. The molecule has 2 amide bonds. The van der Waals surface area contributed by atoms with Crippen LogP contribution in [0.25, 0.3) is 0 Å². The highest BCUT2D eigenvalue weighted by Crippen LogP contribution is 2.01. The highest BCUT2D eigenvalue weighted by molar-refractivity contribution is 5.94. The molecular formula is C13H18N2O3. The van der Waals surface area contributed by atoms with Crippen molar-refractivity contribution in [3.8, 4) is 0 Å². The smallest absolute Gasteiger partial charge is 0.251 e. The Balaban J connectivity index is 2.48. The molecule has 1 N–H and O–H groups in total. The van der Waals surface area contributed by atoms with Crippen molar-refractivity contribution < 1.29 is 14.4 Å². The SMILES string of the molecule is CON(C)C(=O)CC(C)NC(=O)c1ccccc1. The molecule has 1 unspecified atom stereocenters. The Kier molecular flexibility index (Phi) is 5.32. The van der Waals surface area contributed by atoms with Gasteiger partial charge in [0.1, 0.15) is 0 Å². The van der Waals surface area contributed by atoms with Crippen molar-refractivity contribution in [2.24, 2.45) is 0 Å². The van der Waals surface area contributed by atoms with Crippen molar-refractivity contribution in [2.45, 2.75) is 19.4 Å². The first-order chi connectivity index (χ1) is 8.54. The molecule has 98 valence electrons. The van der Waals surface area contributed by atoms with Crippen molar-refractivity contribution in [3.63, 3.8) is 0 Å². The molecule has 0 heterocycles. The third-order valence-corrected chi connectivity index (χ3v) is 2.52. The molecule has 0 aliphatic carbocycles. The lowest BCUT2D eigenvalue weighted by Gasteiger charge is -2.18.